The van der Waals surface area contributed by atoms with E-state index in [4.69, 9.17) is 9.47 Å². The topological polar surface area (TPSA) is 88.4 Å². The van der Waals surface area contributed by atoms with E-state index in [1.54, 1.807) is 14.0 Å². The van der Waals surface area contributed by atoms with Crippen LogP contribution in [-0.4, -0.2) is 36.9 Å². The molecule has 1 aliphatic rings. The molecule has 0 unspecified atom stereocenters. The highest BCUT2D eigenvalue weighted by atomic mass is 32.2. The van der Waals surface area contributed by atoms with Gasteiger partial charge in [0.25, 0.3) is 5.91 Å². The normalized spacial score (nSPS) is 15.7. The van der Waals surface area contributed by atoms with Crippen molar-refractivity contribution in [3.05, 3.63) is 24.3 Å². The van der Waals surface area contributed by atoms with Crippen LogP contribution in [0.3, 0.4) is 0 Å². The van der Waals surface area contributed by atoms with Gasteiger partial charge in [-0.1, -0.05) is 0 Å². The Morgan fingerprint density at radius 1 is 1.38 bits per heavy atom. The SMILES string of the molecule is COc1ccc(SCC(=O)OCC(=O)N[C@](C)(C#N)C2CC2)cc1. The molecule has 0 aliphatic heterocycles. The molecule has 6 nitrogen and oxygen atoms in total. The highest BCUT2D eigenvalue weighted by molar-refractivity contribution is 8.00. The van der Waals surface area contributed by atoms with Crippen molar-refractivity contribution in [1.82, 2.24) is 5.32 Å². The maximum absolute atomic E-state index is 11.8. The Labute approximate surface area is 145 Å². The molecule has 0 saturated heterocycles. The number of carbonyl (C=O) groups is 2. The molecule has 1 amide bonds. The van der Waals surface area contributed by atoms with Crippen LogP contribution < -0.4 is 10.1 Å². The molecule has 0 radical (unpaired) electrons. The third-order valence-corrected chi connectivity index (χ3v) is 4.79. The van der Waals surface area contributed by atoms with E-state index in [1.165, 1.54) is 11.8 Å². The van der Waals surface area contributed by atoms with Crippen molar-refractivity contribution < 1.29 is 19.1 Å². The molecule has 1 fully saturated rings. The van der Waals surface area contributed by atoms with E-state index in [2.05, 4.69) is 11.4 Å². The molecule has 2 rings (SSSR count). The molecule has 1 aliphatic carbocycles. The van der Waals surface area contributed by atoms with E-state index in [-0.39, 0.29) is 18.3 Å². The summed E-state index contributed by atoms with van der Waals surface area (Å²) in [5, 5.41) is 11.8. The molecular weight excluding hydrogens is 328 g/mol. The summed E-state index contributed by atoms with van der Waals surface area (Å²) in [7, 11) is 1.59. The van der Waals surface area contributed by atoms with E-state index in [1.807, 2.05) is 24.3 Å². The van der Waals surface area contributed by atoms with Crippen LogP contribution in [0.4, 0.5) is 0 Å². The molecule has 0 bridgehead atoms. The number of hydrogen-bond donors (Lipinski definition) is 1. The third kappa shape index (κ3) is 5.17. The molecule has 128 valence electrons. The molecule has 7 heteroatoms. The van der Waals surface area contributed by atoms with E-state index < -0.39 is 17.4 Å². The Morgan fingerprint density at radius 2 is 2.04 bits per heavy atom. The lowest BCUT2D eigenvalue weighted by Crippen LogP contribution is -2.48. The molecule has 24 heavy (non-hydrogen) atoms. The first kappa shape index (κ1) is 18.1. The van der Waals surface area contributed by atoms with Crippen LogP contribution >= 0.6 is 11.8 Å². The summed E-state index contributed by atoms with van der Waals surface area (Å²) in [4.78, 5) is 24.5. The molecule has 0 spiro atoms. The molecule has 1 N–H and O–H groups in total. The van der Waals surface area contributed by atoms with Crippen molar-refractivity contribution in [1.29, 1.82) is 5.26 Å². The quantitative estimate of drug-likeness (QED) is 0.572. The number of benzene rings is 1. The summed E-state index contributed by atoms with van der Waals surface area (Å²) in [6.45, 7) is 1.33. The van der Waals surface area contributed by atoms with Gasteiger partial charge >= 0.3 is 5.97 Å². The van der Waals surface area contributed by atoms with Crippen LogP contribution in [0.2, 0.25) is 0 Å². The molecule has 1 atom stereocenters. The zero-order valence-corrected chi connectivity index (χ0v) is 14.5. The van der Waals surface area contributed by atoms with Gasteiger partial charge in [-0.05, 0) is 49.9 Å². The van der Waals surface area contributed by atoms with Crippen molar-refractivity contribution in [2.75, 3.05) is 19.5 Å². The van der Waals surface area contributed by atoms with E-state index in [9.17, 15) is 14.9 Å². The summed E-state index contributed by atoms with van der Waals surface area (Å²) in [5.74, 6) is 0.116. The third-order valence-electron chi connectivity index (χ3n) is 3.81. The zero-order chi connectivity index (χ0) is 17.6. The molecule has 1 aromatic carbocycles. The Kier molecular flexibility index (Phi) is 6.10. The highest BCUT2D eigenvalue weighted by Gasteiger charge is 2.43. The number of nitriles is 1. The second kappa shape index (κ2) is 8.06. The van der Waals surface area contributed by atoms with Crippen molar-refractivity contribution in [2.24, 2.45) is 5.92 Å². The molecule has 0 heterocycles. The standard InChI is InChI=1S/C17H20N2O4S/c1-17(11-18,12-3-4-12)19-15(20)9-23-16(21)10-24-14-7-5-13(22-2)6-8-14/h5-8,12H,3-4,9-10H2,1-2H3,(H,19,20)/t17-/m1/s1. The number of nitrogens with one attached hydrogen (secondary N) is 1. The molecule has 0 aromatic heterocycles. The highest BCUT2D eigenvalue weighted by Crippen LogP contribution is 2.39. The maximum Gasteiger partial charge on any atom is 0.316 e. The number of carbonyl (C=O) groups excluding carboxylic acids is 2. The first-order valence-corrected chi connectivity index (χ1v) is 8.60. The van der Waals surface area contributed by atoms with E-state index >= 15 is 0 Å². The fraction of sp³-hybridized carbons (Fsp3) is 0.471. The van der Waals surface area contributed by atoms with Gasteiger partial charge in [0, 0.05) is 4.90 Å². The lowest BCUT2D eigenvalue weighted by molar-refractivity contribution is -0.146. The smallest absolute Gasteiger partial charge is 0.316 e. The lowest BCUT2D eigenvalue weighted by atomic mass is 9.98. The van der Waals surface area contributed by atoms with Gasteiger partial charge in [-0.3, -0.25) is 9.59 Å². The predicted molar refractivity (Wildman–Crippen MR) is 89.6 cm³/mol. The van der Waals surface area contributed by atoms with Crippen LogP contribution in [-0.2, 0) is 14.3 Å². The number of ether oxygens (including phenoxy) is 2. The molecule has 1 saturated carbocycles. The summed E-state index contributed by atoms with van der Waals surface area (Å²) in [6.07, 6.45) is 1.87. The Balaban J connectivity index is 1.70. The number of esters is 1. The van der Waals surface area contributed by atoms with Gasteiger partial charge < -0.3 is 14.8 Å². The minimum absolute atomic E-state index is 0.109. The maximum atomic E-state index is 11.8. The Morgan fingerprint density at radius 3 is 2.58 bits per heavy atom. The average molecular weight is 348 g/mol. The fourth-order valence-electron chi connectivity index (χ4n) is 2.21. The van der Waals surface area contributed by atoms with Crippen molar-refractivity contribution in [3.8, 4) is 11.8 Å². The largest absolute Gasteiger partial charge is 0.497 e. The summed E-state index contributed by atoms with van der Waals surface area (Å²) < 4.78 is 10.0. The number of thioether (sulfide) groups is 1. The lowest BCUT2D eigenvalue weighted by Gasteiger charge is -2.22. The summed E-state index contributed by atoms with van der Waals surface area (Å²) in [6, 6.07) is 9.43. The number of amides is 1. The number of methoxy groups -OCH3 is 1. The van der Waals surface area contributed by atoms with Gasteiger partial charge in [0.05, 0.1) is 18.9 Å². The van der Waals surface area contributed by atoms with Gasteiger partial charge in [-0.15, -0.1) is 11.8 Å². The van der Waals surface area contributed by atoms with E-state index in [0.29, 0.717) is 0 Å². The number of hydrogen-bond acceptors (Lipinski definition) is 6. The van der Waals surface area contributed by atoms with Crippen LogP contribution in [0.15, 0.2) is 29.2 Å². The van der Waals surface area contributed by atoms with Crippen LogP contribution in [0, 0.1) is 17.2 Å². The Hall–Kier alpha value is -2.20. The number of nitrogens with zero attached hydrogens (tertiary/aromatic N) is 1. The van der Waals surface area contributed by atoms with Gasteiger partial charge in [0.2, 0.25) is 0 Å². The number of rotatable bonds is 8. The van der Waals surface area contributed by atoms with Gasteiger partial charge in [-0.25, -0.2) is 0 Å². The van der Waals surface area contributed by atoms with Crippen molar-refractivity contribution in [3.63, 3.8) is 0 Å². The van der Waals surface area contributed by atoms with Gasteiger partial charge in [0.15, 0.2) is 6.61 Å². The van der Waals surface area contributed by atoms with Gasteiger partial charge in [-0.2, -0.15) is 5.26 Å². The summed E-state index contributed by atoms with van der Waals surface area (Å²) in [5.41, 5.74) is -0.874. The fourth-order valence-corrected chi connectivity index (χ4v) is 2.91. The average Bonchev–Trinajstić information content (AvgIpc) is 3.44. The van der Waals surface area contributed by atoms with Crippen molar-refractivity contribution >= 4 is 23.6 Å². The minimum Gasteiger partial charge on any atom is -0.497 e. The Bertz CT molecular complexity index is 637. The monoisotopic (exact) mass is 348 g/mol. The molecule has 1 aromatic rings. The first-order chi connectivity index (χ1) is 11.5. The van der Waals surface area contributed by atoms with Crippen LogP contribution in [0.25, 0.3) is 0 Å². The summed E-state index contributed by atoms with van der Waals surface area (Å²) >= 11 is 1.32. The predicted octanol–water partition coefficient (Wildman–Crippen LogP) is 2.14. The minimum atomic E-state index is -0.874. The second-order valence-corrected chi connectivity index (χ2v) is 6.81. The van der Waals surface area contributed by atoms with Crippen LogP contribution in [0.1, 0.15) is 19.8 Å². The zero-order valence-electron chi connectivity index (χ0n) is 13.7. The molecular formula is C17H20N2O4S. The van der Waals surface area contributed by atoms with Crippen LogP contribution in [0.5, 0.6) is 5.75 Å². The van der Waals surface area contributed by atoms with E-state index in [0.717, 1.165) is 23.5 Å². The van der Waals surface area contributed by atoms with Crippen molar-refractivity contribution in [2.45, 2.75) is 30.2 Å². The van der Waals surface area contributed by atoms with Gasteiger partial charge in [0.1, 0.15) is 11.3 Å². The first-order valence-electron chi connectivity index (χ1n) is 7.61. The second-order valence-electron chi connectivity index (χ2n) is 5.76.